The maximum Gasteiger partial charge on any atom is 0.160 e. The fourth-order valence-electron chi connectivity index (χ4n) is 1.07. The first-order valence-corrected chi connectivity index (χ1v) is 4.54. The summed E-state index contributed by atoms with van der Waals surface area (Å²) in [6, 6.07) is 3.76. The third kappa shape index (κ3) is 1.35. The number of aromatic nitrogens is 2. The summed E-state index contributed by atoms with van der Waals surface area (Å²) in [4.78, 5) is 0. The van der Waals surface area contributed by atoms with E-state index >= 15 is 0 Å². The lowest BCUT2D eigenvalue weighted by molar-refractivity contribution is 0.546. The van der Waals surface area contributed by atoms with Crippen LogP contribution in [-0.2, 0) is 0 Å². The fourth-order valence-corrected chi connectivity index (χ4v) is 1.45. The summed E-state index contributed by atoms with van der Waals surface area (Å²) in [5.74, 6) is 2.02. The summed E-state index contributed by atoms with van der Waals surface area (Å²) in [5, 5.41) is 6.64. The van der Waals surface area contributed by atoms with Crippen molar-refractivity contribution < 1.29 is 4.42 Å². The van der Waals surface area contributed by atoms with Gasteiger partial charge in [-0.2, -0.15) is 5.10 Å². The molecule has 0 fully saturated rings. The minimum Gasteiger partial charge on any atom is -0.460 e. The van der Waals surface area contributed by atoms with Gasteiger partial charge in [0, 0.05) is 0 Å². The molecule has 0 saturated heterocycles. The number of nitrogen functional groups attached to an aromatic ring is 1. The molecule has 0 unspecified atom stereocenters. The van der Waals surface area contributed by atoms with Crippen LogP contribution in [0.15, 0.2) is 21.0 Å². The molecule has 2 rings (SSSR count). The van der Waals surface area contributed by atoms with Crippen LogP contribution in [-0.4, -0.2) is 10.2 Å². The monoisotopic (exact) mass is 241 g/mol. The molecule has 0 aliphatic heterocycles. The molecule has 2 heterocycles. The quantitative estimate of drug-likeness (QED) is 0.806. The van der Waals surface area contributed by atoms with Gasteiger partial charge in [0.15, 0.2) is 11.6 Å². The lowest BCUT2D eigenvalue weighted by atomic mass is 10.3. The maximum absolute atomic E-state index is 5.55. The lowest BCUT2D eigenvalue weighted by Gasteiger charge is -1.91. The van der Waals surface area contributed by atoms with Gasteiger partial charge < -0.3 is 10.2 Å². The molecule has 0 aromatic carbocycles. The van der Waals surface area contributed by atoms with Crippen molar-refractivity contribution in [3.8, 4) is 11.5 Å². The number of halogens is 1. The largest absolute Gasteiger partial charge is 0.460 e. The Morgan fingerprint density at radius 3 is 2.77 bits per heavy atom. The Morgan fingerprint density at radius 1 is 1.54 bits per heavy atom. The van der Waals surface area contributed by atoms with Crippen molar-refractivity contribution in [2.45, 2.75) is 6.92 Å². The van der Waals surface area contributed by atoms with Crippen molar-refractivity contribution in [3.05, 3.63) is 22.4 Å². The first kappa shape index (κ1) is 8.37. The summed E-state index contributed by atoms with van der Waals surface area (Å²) >= 11 is 3.32. The second-order valence-corrected chi connectivity index (χ2v) is 3.50. The molecule has 0 bridgehead atoms. The highest BCUT2D eigenvalue weighted by Crippen LogP contribution is 2.30. The van der Waals surface area contributed by atoms with Crippen molar-refractivity contribution in [1.29, 1.82) is 0 Å². The molecule has 13 heavy (non-hydrogen) atoms. The zero-order valence-electron chi connectivity index (χ0n) is 6.97. The third-order valence-electron chi connectivity index (χ3n) is 1.72. The van der Waals surface area contributed by atoms with E-state index in [1.165, 1.54) is 0 Å². The zero-order valence-corrected chi connectivity index (χ0v) is 8.55. The summed E-state index contributed by atoms with van der Waals surface area (Å²) in [7, 11) is 0. The van der Waals surface area contributed by atoms with Crippen molar-refractivity contribution >= 4 is 21.7 Å². The van der Waals surface area contributed by atoms with Crippen LogP contribution < -0.4 is 5.73 Å². The van der Waals surface area contributed by atoms with Gasteiger partial charge >= 0.3 is 0 Å². The second-order valence-electron chi connectivity index (χ2n) is 2.71. The molecular weight excluding hydrogens is 234 g/mol. The Labute approximate surface area is 83.3 Å². The first-order valence-electron chi connectivity index (χ1n) is 3.74. The number of nitrogens with two attached hydrogens (primary N) is 1. The molecule has 0 aliphatic rings. The van der Waals surface area contributed by atoms with Crippen LogP contribution in [0, 0.1) is 6.92 Å². The number of nitrogens with one attached hydrogen (secondary N) is 1. The number of nitrogens with zero attached hydrogens (tertiary/aromatic N) is 1. The van der Waals surface area contributed by atoms with Gasteiger partial charge in [0.25, 0.3) is 0 Å². The number of aryl methyl sites for hydroxylation is 1. The van der Waals surface area contributed by atoms with Crippen molar-refractivity contribution in [3.63, 3.8) is 0 Å². The first-order chi connectivity index (χ1) is 6.18. The highest BCUT2D eigenvalue weighted by molar-refractivity contribution is 9.10. The van der Waals surface area contributed by atoms with Crippen LogP contribution in [0.3, 0.4) is 0 Å². The maximum atomic E-state index is 5.55. The van der Waals surface area contributed by atoms with Crippen LogP contribution in [0.4, 0.5) is 5.82 Å². The summed E-state index contributed by atoms with van der Waals surface area (Å²) in [5.41, 5.74) is 6.32. The van der Waals surface area contributed by atoms with Crippen LogP contribution in [0.5, 0.6) is 0 Å². The molecule has 2 aromatic rings. The van der Waals surface area contributed by atoms with Gasteiger partial charge in [-0.25, -0.2) is 0 Å². The lowest BCUT2D eigenvalue weighted by Crippen LogP contribution is -1.83. The second kappa shape index (κ2) is 2.92. The molecule has 0 aliphatic carbocycles. The average molecular weight is 242 g/mol. The summed E-state index contributed by atoms with van der Waals surface area (Å²) in [6.07, 6.45) is 0. The smallest absolute Gasteiger partial charge is 0.160 e. The van der Waals surface area contributed by atoms with E-state index in [0.717, 1.165) is 21.7 Å². The van der Waals surface area contributed by atoms with E-state index in [-0.39, 0.29) is 0 Å². The van der Waals surface area contributed by atoms with Gasteiger partial charge in [-0.05, 0) is 35.0 Å². The SMILES string of the molecule is Cc1ccc(-c2[nH]nc(N)c2Br)o1. The van der Waals surface area contributed by atoms with Gasteiger partial charge in [0.2, 0.25) is 0 Å². The fraction of sp³-hybridized carbons (Fsp3) is 0.125. The van der Waals surface area contributed by atoms with Crippen molar-refractivity contribution in [2.24, 2.45) is 0 Å². The molecule has 4 nitrogen and oxygen atoms in total. The highest BCUT2D eigenvalue weighted by Gasteiger charge is 2.12. The number of aromatic amines is 1. The normalized spacial score (nSPS) is 10.6. The molecule has 3 N–H and O–H groups in total. The van der Waals surface area contributed by atoms with Crippen LogP contribution in [0.2, 0.25) is 0 Å². The Kier molecular flexibility index (Phi) is 1.88. The van der Waals surface area contributed by atoms with Crippen molar-refractivity contribution in [1.82, 2.24) is 10.2 Å². The Morgan fingerprint density at radius 2 is 2.31 bits per heavy atom. The molecular formula is C8H8BrN3O. The van der Waals surface area contributed by atoms with Crippen LogP contribution in [0.1, 0.15) is 5.76 Å². The van der Waals surface area contributed by atoms with Gasteiger partial charge in [-0.3, -0.25) is 5.10 Å². The minimum absolute atomic E-state index is 0.434. The van der Waals surface area contributed by atoms with E-state index in [2.05, 4.69) is 26.1 Å². The molecule has 0 spiro atoms. The van der Waals surface area contributed by atoms with Gasteiger partial charge in [0.05, 0.1) is 4.47 Å². The molecule has 5 heteroatoms. The van der Waals surface area contributed by atoms with Crippen LogP contribution >= 0.6 is 15.9 Å². The summed E-state index contributed by atoms with van der Waals surface area (Å²) in [6.45, 7) is 1.89. The van der Waals surface area contributed by atoms with E-state index in [9.17, 15) is 0 Å². The van der Waals surface area contributed by atoms with Crippen LogP contribution in [0.25, 0.3) is 11.5 Å². The van der Waals surface area contributed by atoms with Gasteiger partial charge in [0.1, 0.15) is 11.5 Å². The van der Waals surface area contributed by atoms with E-state index in [1.54, 1.807) is 0 Å². The molecule has 2 aromatic heterocycles. The zero-order chi connectivity index (χ0) is 9.42. The van der Waals surface area contributed by atoms with Gasteiger partial charge in [-0.1, -0.05) is 0 Å². The Hall–Kier alpha value is -1.23. The standard InChI is InChI=1S/C8H8BrN3O/c1-4-2-3-5(13-4)7-6(9)8(10)12-11-7/h2-3H,1H3,(H3,10,11,12). The van der Waals surface area contributed by atoms with E-state index < -0.39 is 0 Å². The van der Waals surface area contributed by atoms with E-state index in [0.29, 0.717) is 5.82 Å². The number of rotatable bonds is 1. The Balaban J connectivity index is 2.52. The minimum atomic E-state index is 0.434. The number of hydrogen-bond acceptors (Lipinski definition) is 3. The van der Waals surface area contributed by atoms with Crippen molar-refractivity contribution in [2.75, 3.05) is 5.73 Å². The number of furan rings is 1. The molecule has 0 atom stereocenters. The predicted octanol–water partition coefficient (Wildman–Crippen LogP) is 2.32. The molecule has 68 valence electrons. The highest BCUT2D eigenvalue weighted by atomic mass is 79.9. The predicted molar refractivity (Wildman–Crippen MR) is 53.1 cm³/mol. The van der Waals surface area contributed by atoms with Gasteiger partial charge in [-0.15, -0.1) is 0 Å². The Bertz CT molecular complexity index is 432. The van der Waals surface area contributed by atoms with E-state index in [1.807, 2.05) is 19.1 Å². The van der Waals surface area contributed by atoms with E-state index in [4.69, 9.17) is 10.2 Å². The average Bonchev–Trinajstić information content (AvgIpc) is 2.62. The number of hydrogen-bond donors (Lipinski definition) is 2. The molecule has 0 radical (unpaired) electrons. The third-order valence-corrected chi connectivity index (χ3v) is 2.52. The number of H-pyrrole nitrogens is 1. The number of anilines is 1. The molecule has 0 amide bonds. The topological polar surface area (TPSA) is 67.8 Å². The molecule has 0 saturated carbocycles. The summed E-state index contributed by atoms with van der Waals surface area (Å²) < 4.78 is 6.14.